The van der Waals surface area contributed by atoms with Crippen molar-refractivity contribution in [3.63, 3.8) is 0 Å². The average molecular weight is 262 g/mol. The number of hydrogen-bond acceptors (Lipinski definition) is 2. The summed E-state index contributed by atoms with van der Waals surface area (Å²) in [5, 5.41) is 6.17. The maximum absolute atomic E-state index is 11.4. The number of nitrogens with one attached hydrogen (secondary N) is 2. The summed E-state index contributed by atoms with van der Waals surface area (Å²) in [6, 6.07) is 8.66. The van der Waals surface area contributed by atoms with Crippen molar-refractivity contribution < 1.29 is 4.79 Å². The molecule has 3 heteroatoms. The van der Waals surface area contributed by atoms with Crippen molar-refractivity contribution in [3.8, 4) is 0 Å². The van der Waals surface area contributed by atoms with Crippen LogP contribution < -0.4 is 10.6 Å². The van der Waals surface area contributed by atoms with E-state index in [2.05, 4.69) is 55.7 Å². The molecule has 0 saturated heterocycles. The molecule has 0 aromatic heterocycles. The minimum Gasteiger partial charge on any atom is -0.356 e. The lowest BCUT2D eigenvalue weighted by atomic mass is 10.0. The molecule has 106 valence electrons. The number of amides is 1. The Hall–Kier alpha value is -1.35. The summed E-state index contributed by atoms with van der Waals surface area (Å²) in [6.45, 7) is 8.76. The Morgan fingerprint density at radius 1 is 1.16 bits per heavy atom. The fraction of sp³-hybridized carbons (Fsp3) is 0.562. The lowest BCUT2D eigenvalue weighted by Crippen LogP contribution is -2.28. The molecule has 1 amide bonds. The van der Waals surface area contributed by atoms with Crippen molar-refractivity contribution in [3.05, 3.63) is 35.4 Å². The number of carbonyl (C=O) groups excluding carboxylic acids is 1. The smallest absolute Gasteiger partial charge is 0.221 e. The number of carbonyl (C=O) groups is 1. The van der Waals surface area contributed by atoms with E-state index >= 15 is 0 Å². The highest BCUT2D eigenvalue weighted by molar-refractivity contribution is 5.75. The normalized spacial score (nSPS) is 10.7. The molecule has 3 nitrogen and oxygen atoms in total. The molecule has 0 aliphatic rings. The molecule has 2 N–H and O–H groups in total. The Kier molecular flexibility index (Phi) is 7.19. The molecule has 0 heterocycles. The van der Waals surface area contributed by atoms with Gasteiger partial charge < -0.3 is 10.6 Å². The zero-order valence-electron chi connectivity index (χ0n) is 12.3. The van der Waals surface area contributed by atoms with Gasteiger partial charge in [0.15, 0.2) is 0 Å². The van der Waals surface area contributed by atoms with E-state index in [1.54, 1.807) is 0 Å². The second kappa shape index (κ2) is 8.70. The molecule has 1 aromatic carbocycles. The molecule has 1 aromatic rings. The van der Waals surface area contributed by atoms with Crippen molar-refractivity contribution in [2.75, 3.05) is 13.1 Å². The van der Waals surface area contributed by atoms with Gasteiger partial charge >= 0.3 is 0 Å². The SMILES string of the molecule is CCCNC(=O)CCNCc1ccc(C(C)C)cc1. The van der Waals surface area contributed by atoms with Crippen LogP contribution in [0.25, 0.3) is 0 Å². The minimum atomic E-state index is 0.129. The Balaban J connectivity index is 2.20. The van der Waals surface area contributed by atoms with Crippen LogP contribution in [0.3, 0.4) is 0 Å². The highest BCUT2D eigenvalue weighted by Crippen LogP contribution is 2.14. The van der Waals surface area contributed by atoms with Crippen LogP contribution in [0.15, 0.2) is 24.3 Å². The quantitative estimate of drug-likeness (QED) is 0.707. The van der Waals surface area contributed by atoms with Crippen LogP contribution >= 0.6 is 0 Å². The summed E-state index contributed by atoms with van der Waals surface area (Å²) in [6.07, 6.45) is 1.53. The highest BCUT2D eigenvalue weighted by Gasteiger charge is 2.01. The van der Waals surface area contributed by atoms with E-state index in [0.29, 0.717) is 12.3 Å². The number of benzene rings is 1. The van der Waals surface area contributed by atoms with Crippen LogP contribution in [0.1, 0.15) is 50.7 Å². The lowest BCUT2D eigenvalue weighted by molar-refractivity contribution is -0.120. The lowest BCUT2D eigenvalue weighted by Gasteiger charge is -2.08. The van der Waals surface area contributed by atoms with Crippen molar-refractivity contribution in [2.45, 2.75) is 46.1 Å². The third kappa shape index (κ3) is 6.39. The molecule has 0 radical (unpaired) electrons. The fourth-order valence-electron chi connectivity index (χ4n) is 1.81. The largest absolute Gasteiger partial charge is 0.356 e. The summed E-state index contributed by atoms with van der Waals surface area (Å²) in [7, 11) is 0. The van der Waals surface area contributed by atoms with Crippen molar-refractivity contribution in [2.24, 2.45) is 0 Å². The first-order chi connectivity index (χ1) is 9.13. The van der Waals surface area contributed by atoms with Gasteiger partial charge in [-0.1, -0.05) is 45.0 Å². The third-order valence-corrected chi connectivity index (χ3v) is 3.08. The first-order valence-electron chi connectivity index (χ1n) is 7.19. The van der Waals surface area contributed by atoms with Gasteiger partial charge in [0.05, 0.1) is 0 Å². The van der Waals surface area contributed by atoms with E-state index in [1.165, 1.54) is 11.1 Å². The summed E-state index contributed by atoms with van der Waals surface area (Å²) >= 11 is 0. The van der Waals surface area contributed by atoms with Gasteiger partial charge in [0.25, 0.3) is 0 Å². The van der Waals surface area contributed by atoms with Crippen LogP contribution in [0.2, 0.25) is 0 Å². The van der Waals surface area contributed by atoms with Crippen molar-refractivity contribution in [1.82, 2.24) is 10.6 Å². The van der Waals surface area contributed by atoms with E-state index in [9.17, 15) is 4.79 Å². The summed E-state index contributed by atoms with van der Waals surface area (Å²) in [5.74, 6) is 0.703. The van der Waals surface area contributed by atoms with Crippen LogP contribution in [0.4, 0.5) is 0 Å². The third-order valence-electron chi connectivity index (χ3n) is 3.08. The van der Waals surface area contributed by atoms with Gasteiger partial charge in [-0.15, -0.1) is 0 Å². The van der Waals surface area contributed by atoms with Crippen LogP contribution in [0, 0.1) is 0 Å². The maximum Gasteiger partial charge on any atom is 0.221 e. The predicted molar refractivity (Wildman–Crippen MR) is 80.2 cm³/mol. The van der Waals surface area contributed by atoms with Crippen LogP contribution in [0.5, 0.6) is 0 Å². The Morgan fingerprint density at radius 2 is 1.84 bits per heavy atom. The van der Waals surface area contributed by atoms with Crippen LogP contribution in [-0.2, 0) is 11.3 Å². The molecular formula is C16H26N2O. The Bertz CT molecular complexity index is 371. The van der Waals surface area contributed by atoms with E-state index in [4.69, 9.17) is 0 Å². The first-order valence-corrected chi connectivity index (χ1v) is 7.19. The molecule has 19 heavy (non-hydrogen) atoms. The van der Waals surface area contributed by atoms with E-state index in [1.807, 2.05) is 0 Å². The fourth-order valence-corrected chi connectivity index (χ4v) is 1.81. The molecule has 0 bridgehead atoms. The molecule has 1 rings (SSSR count). The van der Waals surface area contributed by atoms with E-state index in [0.717, 1.165) is 26.1 Å². The second-order valence-electron chi connectivity index (χ2n) is 5.17. The number of hydrogen-bond donors (Lipinski definition) is 2. The zero-order valence-corrected chi connectivity index (χ0v) is 12.3. The molecule has 0 aliphatic carbocycles. The minimum absolute atomic E-state index is 0.129. The Labute approximate surface area is 116 Å². The molecule has 0 spiro atoms. The molecule has 0 atom stereocenters. The van der Waals surface area contributed by atoms with Gasteiger partial charge in [0.2, 0.25) is 5.91 Å². The topological polar surface area (TPSA) is 41.1 Å². The molecular weight excluding hydrogens is 236 g/mol. The monoisotopic (exact) mass is 262 g/mol. The molecule has 0 saturated carbocycles. The van der Waals surface area contributed by atoms with Crippen molar-refractivity contribution >= 4 is 5.91 Å². The van der Waals surface area contributed by atoms with Gasteiger partial charge in [0, 0.05) is 26.1 Å². The molecule has 0 aliphatic heterocycles. The van der Waals surface area contributed by atoms with Gasteiger partial charge in [-0.3, -0.25) is 4.79 Å². The summed E-state index contributed by atoms with van der Waals surface area (Å²) in [5.41, 5.74) is 2.63. The van der Waals surface area contributed by atoms with Gasteiger partial charge in [-0.2, -0.15) is 0 Å². The average Bonchev–Trinajstić information content (AvgIpc) is 2.41. The van der Waals surface area contributed by atoms with Gasteiger partial charge in [-0.05, 0) is 23.5 Å². The summed E-state index contributed by atoms with van der Waals surface area (Å²) < 4.78 is 0. The molecule has 0 unspecified atom stereocenters. The Morgan fingerprint density at radius 3 is 2.42 bits per heavy atom. The van der Waals surface area contributed by atoms with Crippen LogP contribution in [-0.4, -0.2) is 19.0 Å². The maximum atomic E-state index is 11.4. The van der Waals surface area contributed by atoms with Crippen molar-refractivity contribution in [1.29, 1.82) is 0 Å². The number of rotatable bonds is 8. The highest BCUT2D eigenvalue weighted by atomic mass is 16.1. The summed E-state index contributed by atoms with van der Waals surface area (Å²) in [4.78, 5) is 11.4. The zero-order chi connectivity index (χ0) is 14.1. The molecule has 0 fully saturated rings. The first kappa shape index (κ1) is 15.7. The standard InChI is InChI=1S/C16H26N2O/c1-4-10-18-16(19)9-11-17-12-14-5-7-15(8-6-14)13(2)3/h5-8,13,17H,4,9-12H2,1-3H3,(H,18,19). The van der Waals surface area contributed by atoms with Gasteiger partial charge in [-0.25, -0.2) is 0 Å². The predicted octanol–water partition coefficient (Wildman–Crippen LogP) is 2.82. The second-order valence-corrected chi connectivity index (χ2v) is 5.17. The van der Waals surface area contributed by atoms with E-state index in [-0.39, 0.29) is 5.91 Å². The van der Waals surface area contributed by atoms with E-state index < -0.39 is 0 Å². The van der Waals surface area contributed by atoms with Gasteiger partial charge in [0.1, 0.15) is 0 Å².